The largest absolute Gasteiger partial charge is 0.453 e. The molecule has 0 unspecified atom stereocenters. The summed E-state index contributed by atoms with van der Waals surface area (Å²) in [5, 5.41) is 9.05. The first-order valence-corrected chi connectivity index (χ1v) is 7.34. The van der Waals surface area contributed by atoms with E-state index in [0.717, 1.165) is 5.56 Å². The van der Waals surface area contributed by atoms with Gasteiger partial charge in [-0.3, -0.25) is 10.3 Å². The van der Waals surface area contributed by atoms with Gasteiger partial charge < -0.3 is 20.1 Å². The molecule has 8 heteroatoms. The van der Waals surface area contributed by atoms with Crippen LogP contribution in [0.1, 0.15) is 19.4 Å². The van der Waals surface area contributed by atoms with E-state index < -0.39 is 6.09 Å². The second kappa shape index (κ2) is 11.1. The Hall–Kier alpha value is -1.55. The van der Waals surface area contributed by atoms with Gasteiger partial charge in [-0.1, -0.05) is 12.1 Å². The number of nitrogens with zero attached hydrogens (tertiary/aromatic N) is 1. The zero-order valence-corrected chi connectivity index (χ0v) is 17.1. The van der Waals surface area contributed by atoms with Crippen molar-refractivity contribution in [1.82, 2.24) is 10.6 Å². The number of amides is 1. The molecule has 1 aromatic rings. The highest BCUT2D eigenvalue weighted by Gasteiger charge is 2.16. The second-order valence-electron chi connectivity index (χ2n) is 5.56. The molecule has 0 atom stereocenters. The van der Waals surface area contributed by atoms with E-state index in [1.807, 2.05) is 38.1 Å². The number of methoxy groups -OCH3 is 2. The summed E-state index contributed by atoms with van der Waals surface area (Å²) in [6.07, 6.45) is -0.485. The van der Waals surface area contributed by atoms with Crippen LogP contribution in [0.15, 0.2) is 29.3 Å². The zero-order valence-electron chi connectivity index (χ0n) is 14.8. The lowest BCUT2D eigenvalue weighted by Crippen LogP contribution is -2.45. The van der Waals surface area contributed by atoms with Crippen molar-refractivity contribution < 1.29 is 14.3 Å². The van der Waals surface area contributed by atoms with Crippen LogP contribution in [0.4, 0.5) is 10.5 Å². The Balaban J connectivity index is 0.00000529. The molecule has 0 saturated carbocycles. The van der Waals surface area contributed by atoms with Gasteiger partial charge in [0.15, 0.2) is 5.96 Å². The number of nitrogens with one attached hydrogen (secondary N) is 3. The van der Waals surface area contributed by atoms with Crippen LogP contribution >= 0.6 is 24.0 Å². The lowest BCUT2D eigenvalue weighted by atomic mass is 10.1. The van der Waals surface area contributed by atoms with E-state index in [4.69, 9.17) is 4.74 Å². The minimum atomic E-state index is -0.485. The predicted octanol–water partition coefficient (Wildman–Crippen LogP) is 2.57. The number of guanidine groups is 1. The molecule has 1 aromatic carbocycles. The molecule has 7 nitrogen and oxygen atoms in total. The third-order valence-electron chi connectivity index (χ3n) is 3.30. The molecule has 0 fully saturated rings. The Morgan fingerprint density at radius 3 is 2.29 bits per heavy atom. The fourth-order valence-electron chi connectivity index (χ4n) is 1.65. The number of rotatable bonds is 6. The molecule has 0 aromatic heterocycles. The number of carbonyl (C=O) groups is 1. The van der Waals surface area contributed by atoms with Gasteiger partial charge in [0.1, 0.15) is 0 Å². The van der Waals surface area contributed by atoms with Crippen molar-refractivity contribution in [2.45, 2.75) is 26.0 Å². The molecule has 0 saturated heterocycles. The summed E-state index contributed by atoms with van der Waals surface area (Å²) in [4.78, 5) is 15.3. The highest BCUT2D eigenvalue weighted by molar-refractivity contribution is 14.0. The zero-order chi connectivity index (χ0) is 17.3. The molecule has 136 valence electrons. The minimum Gasteiger partial charge on any atom is -0.453 e. The molecule has 0 aliphatic heterocycles. The van der Waals surface area contributed by atoms with Crippen molar-refractivity contribution in [3.8, 4) is 0 Å². The number of aliphatic imine (C=N–C) groups is 1. The molecular formula is C16H27IN4O3. The van der Waals surface area contributed by atoms with Crippen LogP contribution in [0.3, 0.4) is 0 Å². The van der Waals surface area contributed by atoms with E-state index in [1.54, 1.807) is 14.2 Å². The molecule has 0 radical (unpaired) electrons. The van der Waals surface area contributed by atoms with Crippen molar-refractivity contribution in [2.75, 3.05) is 33.1 Å². The van der Waals surface area contributed by atoms with E-state index in [9.17, 15) is 4.79 Å². The number of halogens is 1. The fraction of sp³-hybridized carbons (Fsp3) is 0.500. The van der Waals surface area contributed by atoms with Gasteiger partial charge in [0.05, 0.1) is 12.7 Å². The molecule has 1 rings (SSSR count). The highest BCUT2D eigenvalue weighted by atomic mass is 127. The summed E-state index contributed by atoms with van der Waals surface area (Å²) in [6.45, 7) is 5.26. The number of carbonyl (C=O) groups excluding carboxylic acids is 1. The van der Waals surface area contributed by atoms with Crippen LogP contribution in [0.25, 0.3) is 0 Å². The molecule has 0 spiro atoms. The molecular weight excluding hydrogens is 423 g/mol. The Bertz CT molecular complexity index is 533. The van der Waals surface area contributed by atoms with Crippen molar-refractivity contribution in [2.24, 2.45) is 4.99 Å². The van der Waals surface area contributed by atoms with Crippen molar-refractivity contribution in [3.63, 3.8) is 0 Å². The maximum absolute atomic E-state index is 11.1. The summed E-state index contributed by atoms with van der Waals surface area (Å²) in [7, 11) is 4.73. The SMILES string of the molecule is CN=C(NCc1ccc(NC(=O)OC)cc1)NCC(C)(C)OC.I. The van der Waals surface area contributed by atoms with Crippen molar-refractivity contribution in [1.29, 1.82) is 0 Å². The third-order valence-corrected chi connectivity index (χ3v) is 3.30. The average Bonchev–Trinajstić information content (AvgIpc) is 2.56. The van der Waals surface area contributed by atoms with Gasteiger partial charge >= 0.3 is 6.09 Å². The Kier molecular flexibility index (Phi) is 10.4. The maximum atomic E-state index is 11.1. The molecule has 24 heavy (non-hydrogen) atoms. The summed E-state index contributed by atoms with van der Waals surface area (Å²) in [6, 6.07) is 7.48. The highest BCUT2D eigenvalue weighted by Crippen LogP contribution is 2.09. The summed E-state index contributed by atoms with van der Waals surface area (Å²) in [5.41, 5.74) is 1.48. The van der Waals surface area contributed by atoms with E-state index in [2.05, 4.69) is 25.7 Å². The predicted molar refractivity (Wildman–Crippen MR) is 107 cm³/mol. The van der Waals surface area contributed by atoms with Crippen LogP contribution < -0.4 is 16.0 Å². The molecule has 1 amide bonds. The third kappa shape index (κ3) is 8.34. The molecule has 0 heterocycles. The molecule has 3 N–H and O–H groups in total. The summed E-state index contributed by atoms with van der Waals surface area (Å²) < 4.78 is 9.90. The summed E-state index contributed by atoms with van der Waals surface area (Å²) >= 11 is 0. The van der Waals surface area contributed by atoms with E-state index in [-0.39, 0.29) is 29.6 Å². The van der Waals surface area contributed by atoms with Crippen molar-refractivity contribution >= 4 is 41.7 Å². The quantitative estimate of drug-likeness (QED) is 0.353. The first-order valence-electron chi connectivity index (χ1n) is 7.34. The topological polar surface area (TPSA) is 84.0 Å². The molecule has 0 bridgehead atoms. The second-order valence-corrected chi connectivity index (χ2v) is 5.56. The summed E-state index contributed by atoms with van der Waals surface area (Å²) in [5.74, 6) is 0.701. The van der Waals surface area contributed by atoms with Gasteiger partial charge in [0.25, 0.3) is 0 Å². The average molecular weight is 450 g/mol. The number of hydrogen-bond acceptors (Lipinski definition) is 4. The van der Waals surface area contributed by atoms with Crippen LogP contribution in [-0.2, 0) is 16.0 Å². The number of hydrogen-bond donors (Lipinski definition) is 3. The first-order chi connectivity index (χ1) is 10.9. The van der Waals surface area contributed by atoms with Gasteiger partial charge in [-0.25, -0.2) is 4.79 Å². The normalized spacial score (nSPS) is 11.3. The van der Waals surface area contributed by atoms with Gasteiger partial charge in [-0.05, 0) is 31.5 Å². The van der Waals surface area contributed by atoms with E-state index in [0.29, 0.717) is 24.7 Å². The van der Waals surface area contributed by atoms with E-state index in [1.165, 1.54) is 7.11 Å². The lowest BCUT2D eigenvalue weighted by molar-refractivity contribution is 0.0268. The molecule has 0 aliphatic carbocycles. The van der Waals surface area contributed by atoms with Gasteiger partial charge in [0.2, 0.25) is 0 Å². The van der Waals surface area contributed by atoms with Crippen LogP contribution in [-0.4, -0.2) is 45.5 Å². The Labute approximate surface area is 160 Å². The van der Waals surface area contributed by atoms with Crippen molar-refractivity contribution in [3.05, 3.63) is 29.8 Å². The lowest BCUT2D eigenvalue weighted by Gasteiger charge is -2.24. The number of benzene rings is 1. The minimum absolute atomic E-state index is 0. The van der Waals surface area contributed by atoms with E-state index >= 15 is 0 Å². The molecule has 0 aliphatic rings. The maximum Gasteiger partial charge on any atom is 0.411 e. The number of anilines is 1. The number of ether oxygens (including phenoxy) is 2. The fourth-order valence-corrected chi connectivity index (χ4v) is 1.65. The standard InChI is InChI=1S/C16H26N4O3.HI/c1-16(2,23-5)11-19-14(17-3)18-10-12-6-8-13(9-7-12)20-15(21)22-4;/h6-9H,10-11H2,1-5H3,(H,20,21)(H2,17,18,19);1H. The smallest absolute Gasteiger partial charge is 0.411 e. The Morgan fingerprint density at radius 2 is 1.79 bits per heavy atom. The van der Waals surface area contributed by atoms with Crippen LogP contribution in [0, 0.1) is 0 Å². The van der Waals surface area contributed by atoms with Gasteiger partial charge in [-0.15, -0.1) is 24.0 Å². The van der Waals surface area contributed by atoms with Gasteiger partial charge in [-0.2, -0.15) is 0 Å². The van der Waals surface area contributed by atoms with Crippen LogP contribution in [0.5, 0.6) is 0 Å². The monoisotopic (exact) mass is 450 g/mol. The Morgan fingerprint density at radius 1 is 1.17 bits per heavy atom. The first kappa shape index (κ1) is 22.4. The van der Waals surface area contributed by atoms with Crippen LogP contribution in [0.2, 0.25) is 0 Å². The van der Waals surface area contributed by atoms with Gasteiger partial charge in [0, 0.05) is 32.9 Å².